The lowest BCUT2D eigenvalue weighted by atomic mass is 9.86. The van der Waals surface area contributed by atoms with Crippen LogP contribution in [0.4, 0.5) is 17.3 Å². The van der Waals surface area contributed by atoms with Crippen molar-refractivity contribution in [1.29, 1.82) is 5.26 Å². The Balaban J connectivity index is 0.941. The van der Waals surface area contributed by atoms with Gasteiger partial charge in [-0.05, 0) is 49.9 Å². The molecular formula is C32H43N13O. The van der Waals surface area contributed by atoms with Gasteiger partial charge in [0.05, 0.1) is 36.3 Å². The van der Waals surface area contributed by atoms with E-state index in [-0.39, 0.29) is 18.0 Å². The number of piperazine rings is 1. The molecule has 4 aromatic heterocycles. The van der Waals surface area contributed by atoms with Gasteiger partial charge in [-0.1, -0.05) is 6.92 Å². The predicted molar refractivity (Wildman–Crippen MR) is 174 cm³/mol. The van der Waals surface area contributed by atoms with Gasteiger partial charge in [-0.15, -0.1) is 5.10 Å². The number of nitrogens with one attached hydrogen (secondary N) is 1. The number of aromatic nitrogens is 7. The van der Waals surface area contributed by atoms with E-state index in [0.29, 0.717) is 31.4 Å². The van der Waals surface area contributed by atoms with Gasteiger partial charge in [-0.25, -0.2) is 4.52 Å². The van der Waals surface area contributed by atoms with Crippen LogP contribution in [0.1, 0.15) is 31.7 Å². The summed E-state index contributed by atoms with van der Waals surface area (Å²) in [4.78, 5) is 27.0. The quantitative estimate of drug-likeness (QED) is 0.279. The fourth-order valence-electron chi connectivity index (χ4n) is 6.96. The SMILES string of the molecule is CCc1cnn(C2(CC#N)CN(c3cccn4nc(Nc5cnn(CC(=O)N6CCC(CN7CCN(C)CC7)CC6)c5)nc34)C2)c1. The first-order valence-corrected chi connectivity index (χ1v) is 16.4. The number of amides is 1. The predicted octanol–water partition coefficient (Wildman–Crippen LogP) is 2.04. The van der Waals surface area contributed by atoms with Crippen LogP contribution in [0, 0.1) is 17.2 Å². The second-order valence-corrected chi connectivity index (χ2v) is 13.1. The Labute approximate surface area is 269 Å². The minimum Gasteiger partial charge on any atom is -0.363 e. The van der Waals surface area contributed by atoms with Crippen molar-refractivity contribution in [3.63, 3.8) is 0 Å². The number of nitrogens with zero attached hydrogens (tertiary/aromatic N) is 12. The normalized spacial score (nSPS) is 19.3. The number of likely N-dealkylation sites (tertiary alicyclic amines) is 1. The molecule has 3 saturated heterocycles. The number of carbonyl (C=O) groups excluding carboxylic acids is 1. The van der Waals surface area contributed by atoms with Gasteiger partial charge in [0.2, 0.25) is 11.9 Å². The van der Waals surface area contributed by atoms with Crippen LogP contribution in [0.5, 0.6) is 0 Å². The second-order valence-electron chi connectivity index (χ2n) is 13.1. The molecule has 4 aromatic rings. The van der Waals surface area contributed by atoms with Crippen LogP contribution in [0.3, 0.4) is 0 Å². The molecule has 0 saturated carbocycles. The number of nitriles is 1. The molecule has 14 heteroatoms. The Bertz CT molecular complexity index is 1690. The summed E-state index contributed by atoms with van der Waals surface area (Å²) in [5, 5.41) is 26.5. The Hall–Kier alpha value is -4.48. The van der Waals surface area contributed by atoms with Crippen LogP contribution in [0.25, 0.3) is 5.65 Å². The van der Waals surface area contributed by atoms with E-state index in [9.17, 15) is 10.1 Å². The number of pyridine rings is 1. The minimum atomic E-state index is -0.359. The number of likely N-dealkylation sites (N-methyl/N-ethyl adjacent to an activating group) is 1. The molecule has 0 aromatic carbocycles. The van der Waals surface area contributed by atoms with Crippen LogP contribution in [0.15, 0.2) is 43.1 Å². The Morgan fingerprint density at radius 1 is 1.09 bits per heavy atom. The molecule has 46 heavy (non-hydrogen) atoms. The number of carbonyl (C=O) groups is 1. The topological polar surface area (TPSA) is 132 Å². The number of hydrogen-bond acceptors (Lipinski definition) is 10. The molecule has 1 amide bonds. The lowest BCUT2D eigenvalue weighted by Crippen LogP contribution is -2.63. The lowest BCUT2D eigenvalue weighted by molar-refractivity contribution is -0.133. The molecule has 0 spiro atoms. The first-order valence-electron chi connectivity index (χ1n) is 16.4. The van der Waals surface area contributed by atoms with Crippen molar-refractivity contribution < 1.29 is 4.79 Å². The molecule has 0 atom stereocenters. The van der Waals surface area contributed by atoms with Gasteiger partial charge in [-0.3, -0.25) is 14.2 Å². The van der Waals surface area contributed by atoms with Crippen LogP contribution in [0.2, 0.25) is 0 Å². The van der Waals surface area contributed by atoms with Crippen molar-refractivity contribution in [1.82, 2.24) is 48.9 Å². The van der Waals surface area contributed by atoms with Crippen LogP contribution >= 0.6 is 0 Å². The van der Waals surface area contributed by atoms with Gasteiger partial charge < -0.3 is 24.9 Å². The maximum absolute atomic E-state index is 13.1. The molecule has 14 nitrogen and oxygen atoms in total. The van der Waals surface area contributed by atoms with Crippen molar-refractivity contribution in [2.24, 2.45) is 5.92 Å². The van der Waals surface area contributed by atoms with E-state index in [4.69, 9.17) is 4.98 Å². The molecular weight excluding hydrogens is 582 g/mol. The third-order valence-electron chi connectivity index (χ3n) is 9.86. The van der Waals surface area contributed by atoms with Crippen molar-refractivity contribution >= 4 is 28.9 Å². The Kier molecular flexibility index (Phi) is 8.35. The maximum Gasteiger partial charge on any atom is 0.247 e. The molecule has 3 aliphatic heterocycles. The highest BCUT2D eigenvalue weighted by atomic mass is 16.2. The van der Waals surface area contributed by atoms with E-state index in [1.165, 1.54) is 0 Å². The Morgan fingerprint density at radius 2 is 1.89 bits per heavy atom. The van der Waals surface area contributed by atoms with Gasteiger partial charge in [0.25, 0.3) is 0 Å². The highest BCUT2D eigenvalue weighted by Crippen LogP contribution is 2.37. The zero-order valence-electron chi connectivity index (χ0n) is 26.8. The number of aryl methyl sites for hydroxylation is 1. The van der Waals surface area contributed by atoms with Crippen molar-refractivity contribution in [2.75, 3.05) is 76.2 Å². The monoisotopic (exact) mass is 625 g/mol. The zero-order valence-corrected chi connectivity index (χ0v) is 26.8. The summed E-state index contributed by atoms with van der Waals surface area (Å²) in [5.41, 5.74) is 3.20. The van der Waals surface area contributed by atoms with Crippen molar-refractivity contribution in [3.8, 4) is 6.07 Å². The molecule has 242 valence electrons. The average Bonchev–Trinajstić information content (AvgIpc) is 3.80. The zero-order chi connectivity index (χ0) is 31.7. The molecule has 0 bridgehead atoms. The maximum atomic E-state index is 13.1. The highest BCUT2D eigenvalue weighted by Gasteiger charge is 2.46. The van der Waals surface area contributed by atoms with Crippen LogP contribution in [-0.2, 0) is 23.3 Å². The van der Waals surface area contributed by atoms with Gasteiger partial charge in [0.1, 0.15) is 12.1 Å². The molecule has 3 aliphatic rings. The summed E-state index contributed by atoms with van der Waals surface area (Å²) < 4.78 is 5.39. The second kappa shape index (κ2) is 12.7. The molecule has 1 N–H and O–H groups in total. The van der Waals surface area contributed by atoms with Gasteiger partial charge in [0.15, 0.2) is 5.65 Å². The molecule has 3 fully saturated rings. The molecule has 0 unspecified atom stereocenters. The van der Waals surface area contributed by atoms with Crippen LogP contribution in [-0.4, -0.2) is 121 Å². The minimum absolute atomic E-state index is 0.103. The van der Waals surface area contributed by atoms with Crippen molar-refractivity contribution in [3.05, 3.63) is 48.7 Å². The third kappa shape index (κ3) is 6.17. The molecule has 7 heterocycles. The summed E-state index contributed by atoms with van der Waals surface area (Å²) in [6.45, 7) is 11.0. The summed E-state index contributed by atoms with van der Waals surface area (Å²) >= 11 is 0. The van der Waals surface area contributed by atoms with Gasteiger partial charge in [0, 0.05) is 77.5 Å². The molecule has 0 aliphatic carbocycles. The number of piperidine rings is 1. The standard InChI is InChI=1S/C32H43N13O/c1-3-25-17-35-45(20-25)32(8-9-33)23-42(24-32)28-5-4-10-44-30(28)37-31(38-44)36-27-18-34-43(21-27)22-29(46)41-11-6-26(7-12-41)19-40-15-13-39(2)14-16-40/h4-5,10,17-18,20-21,26H,3,6-8,11-16,19,22-24H2,1-2H3,(H,36,38). The van der Waals surface area contributed by atoms with E-state index in [1.807, 2.05) is 40.3 Å². The van der Waals surface area contributed by atoms with Crippen LogP contribution < -0.4 is 10.2 Å². The fraction of sp³-hybridized carbons (Fsp3) is 0.562. The fourth-order valence-corrected chi connectivity index (χ4v) is 6.96. The summed E-state index contributed by atoms with van der Waals surface area (Å²) in [6.07, 6.45) is 12.8. The highest BCUT2D eigenvalue weighted by molar-refractivity contribution is 5.76. The number of hydrogen-bond donors (Lipinski definition) is 1. The first-order chi connectivity index (χ1) is 22.4. The van der Waals surface area contributed by atoms with Crippen molar-refractivity contribution in [2.45, 2.75) is 44.7 Å². The van der Waals surface area contributed by atoms with E-state index in [0.717, 1.165) is 87.7 Å². The van der Waals surface area contributed by atoms with Gasteiger partial charge in [-0.2, -0.15) is 20.4 Å². The molecule has 7 rings (SSSR count). The number of anilines is 3. The summed E-state index contributed by atoms with van der Waals surface area (Å²) in [5.74, 6) is 1.22. The van der Waals surface area contributed by atoms with E-state index < -0.39 is 0 Å². The largest absolute Gasteiger partial charge is 0.363 e. The van der Waals surface area contributed by atoms with Gasteiger partial charge >= 0.3 is 0 Å². The number of rotatable bonds is 10. The summed E-state index contributed by atoms with van der Waals surface area (Å²) in [6, 6.07) is 6.34. The lowest BCUT2D eigenvalue weighted by Gasteiger charge is -2.50. The Morgan fingerprint density at radius 3 is 2.63 bits per heavy atom. The summed E-state index contributed by atoms with van der Waals surface area (Å²) in [7, 11) is 2.19. The average molecular weight is 626 g/mol. The third-order valence-corrected chi connectivity index (χ3v) is 9.86. The van der Waals surface area contributed by atoms with E-state index in [1.54, 1.807) is 15.4 Å². The van der Waals surface area contributed by atoms with E-state index in [2.05, 4.69) is 61.6 Å². The number of fused-ring (bicyclic) bond motifs is 1. The first kappa shape index (κ1) is 30.2. The van der Waals surface area contributed by atoms with E-state index >= 15 is 0 Å². The smallest absolute Gasteiger partial charge is 0.247 e. The molecule has 0 radical (unpaired) electrons.